The number of nitrogens with zero attached hydrogens (tertiary/aromatic N) is 5. The number of ether oxygens (including phenoxy) is 4. The Bertz CT molecular complexity index is 2910. The van der Waals surface area contributed by atoms with Crippen molar-refractivity contribution < 1.29 is 69.1 Å². The van der Waals surface area contributed by atoms with E-state index in [2.05, 4.69) is 48.8 Å². The molecule has 2 aromatic carbocycles. The molecule has 0 aliphatic carbocycles. The summed E-state index contributed by atoms with van der Waals surface area (Å²) in [5.74, 6) is 0.00439. The number of benzene rings is 2. The average molecular weight is 1070 g/mol. The predicted molar refractivity (Wildman–Crippen MR) is 255 cm³/mol. The third kappa shape index (κ3) is 12.2. The van der Waals surface area contributed by atoms with Crippen molar-refractivity contribution >= 4 is 57.3 Å². The number of halogens is 2. The lowest BCUT2D eigenvalue weighted by Gasteiger charge is -2.36. The first-order chi connectivity index (χ1) is 33.6. The number of anilines is 1. The lowest BCUT2D eigenvalue weighted by Crippen LogP contribution is -2.41. The van der Waals surface area contributed by atoms with E-state index in [0.717, 1.165) is 36.0 Å². The SMILES string of the molecule is CC(C)(C)[Si](C)(C)OCCCCOc1ccc(C(=O)Oc2ccc(CSP3(=O)OC[C@H]4O[C@@H](n5cnc6c(N)ncnc65)[C@H](F)[C@@H]4OP(=O)(O)OC[C@H]4O[C@@H](n5ccc(=O)[nH]c5=O)[C@H](F)[C@@H]4O3)cc2)cc1. The normalized spacial score (nSPS) is 28.4. The van der Waals surface area contributed by atoms with Crippen LogP contribution in [0.25, 0.3) is 11.2 Å². The van der Waals surface area contributed by atoms with Crippen molar-refractivity contribution in [1.82, 2.24) is 29.1 Å². The van der Waals surface area contributed by atoms with E-state index in [1.165, 1.54) is 18.5 Å². The molecule has 0 spiro atoms. The number of aromatic amines is 1. The number of phosphoric ester groups is 1. The van der Waals surface area contributed by atoms with Crippen molar-refractivity contribution in [3.8, 4) is 11.5 Å². The van der Waals surface area contributed by atoms with Crippen LogP contribution in [0.5, 0.6) is 11.5 Å². The van der Waals surface area contributed by atoms with Crippen molar-refractivity contribution in [2.24, 2.45) is 0 Å². The van der Waals surface area contributed by atoms with Gasteiger partial charge in [0.25, 0.3) is 5.56 Å². The zero-order valence-electron chi connectivity index (χ0n) is 39.0. The summed E-state index contributed by atoms with van der Waals surface area (Å²) in [6.07, 6.45) is -10.2. The highest BCUT2D eigenvalue weighted by Gasteiger charge is 2.55. The standard InChI is InChI=1S/C43H53F2N7O15P2SSi/c1-43(2,3)71(4,5)62-19-7-6-18-59-27-14-10-26(11-15-27)41(54)63-28-12-8-25(9-13-28)22-70-69(58)61-21-30-35(32(44)40(65-30)52-24-49-34-37(46)47-23-48-38(34)52)66-68(56,57)60-20-29-36(67-69)33(45)39(64-29)51-17-16-31(53)50-42(51)55/h8-17,23-24,29-30,32-33,35-36,39-40H,6-7,18-22H2,1-5H3,(H,56,57)(H2,46,47,48)(H,50,53,55)/t29-,30-,32-,33-,35-,36-,39-,40-,69?/m1/s1. The quantitative estimate of drug-likeness (QED) is 0.0339. The molecule has 10 atom stereocenters. The largest absolute Gasteiger partial charge is 0.494 e. The number of hydrogen-bond acceptors (Lipinski definition) is 19. The number of nitrogens with one attached hydrogen (secondary N) is 1. The predicted octanol–water partition coefficient (Wildman–Crippen LogP) is 6.79. The average Bonchev–Trinajstić information content (AvgIpc) is 3.98. The Morgan fingerprint density at radius 3 is 2.20 bits per heavy atom. The van der Waals surface area contributed by atoms with Gasteiger partial charge in [-0.1, -0.05) is 32.9 Å². The van der Waals surface area contributed by atoms with Crippen LogP contribution in [0.1, 0.15) is 62.0 Å². The molecule has 384 valence electrons. The smallest absolute Gasteiger partial charge is 0.472 e. The maximum atomic E-state index is 16.5. The van der Waals surface area contributed by atoms with E-state index in [1.54, 1.807) is 36.4 Å². The van der Waals surface area contributed by atoms with Gasteiger partial charge in [-0.15, -0.1) is 0 Å². The molecule has 6 heterocycles. The summed E-state index contributed by atoms with van der Waals surface area (Å²) < 4.78 is 115. The number of aromatic nitrogens is 6. The molecule has 0 saturated carbocycles. The molecule has 3 aromatic heterocycles. The summed E-state index contributed by atoms with van der Waals surface area (Å²) in [6.45, 7) is 5.76. The Labute approximate surface area is 409 Å². The molecule has 0 radical (unpaired) electrons. The first-order valence-electron chi connectivity index (χ1n) is 22.3. The number of phosphoric acid groups is 1. The van der Waals surface area contributed by atoms with Gasteiger partial charge in [-0.05, 0) is 84.3 Å². The highest BCUT2D eigenvalue weighted by Crippen LogP contribution is 2.65. The van der Waals surface area contributed by atoms with Crippen LogP contribution in [0.15, 0.2) is 83.0 Å². The Hall–Kier alpha value is -4.69. The van der Waals surface area contributed by atoms with E-state index in [0.29, 0.717) is 40.5 Å². The Balaban J connectivity index is 0.946. The zero-order chi connectivity index (χ0) is 50.9. The fourth-order valence-corrected chi connectivity index (χ4v) is 12.8. The molecule has 28 heteroatoms. The van der Waals surface area contributed by atoms with Gasteiger partial charge in [0.2, 0.25) is 0 Å². The minimum absolute atomic E-state index is 0.0172. The Kier molecular flexibility index (Phi) is 15.9. The Morgan fingerprint density at radius 1 is 0.887 bits per heavy atom. The van der Waals surface area contributed by atoms with Crippen LogP contribution in [0, 0.1) is 0 Å². The molecule has 3 saturated heterocycles. The van der Waals surface area contributed by atoms with Crippen LogP contribution in [0.3, 0.4) is 0 Å². The number of alkyl halides is 2. The van der Waals surface area contributed by atoms with Gasteiger partial charge >= 0.3 is 26.3 Å². The highest BCUT2D eigenvalue weighted by atomic mass is 32.7. The molecule has 8 rings (SSSR count). The molecular weight excluding hydrogens is 1010 g/mol. The molecular formula is C43H53F2N7O15P2SSi. The first-order valence-corrected chi connectivity index (χ1v) is 29.9. The maximum absolute atomic E-state index is 16.5. The summed E-state index contributed by atoms with van der Waals surface area (Å²) >= 11 is 0.590. The summed E-state index contributed by atoms with van der Waals surface area (Å²) in [5.41, 5.74) is 5.01. The lowest BCUT2D eigenvalue weighted by molar-refractivity contribution is -0.0619. The van der Waals surface area contributed by atoms with Gasteiger partial charge in [-0.2, -0.15) is 0 Å². The van der Waals surface area contributed by atoms with E-state index < -0.39 is 103 Å². The van der Waals surface area contributed by atoms with Gasteiger partial charge < -0.3 is 34.0 Å². The molecule has 3 aliphatic heterocycles. The second-order valence-electron chi connectivity index (χ2n) is 18.3. The molecule has 22 nitrogen and oxygen atoms in total. The number of carbonyl (C=O) groups excluding carboxylic acids is 1. The van der Waals surface area contributed by atoms with Crippen LogP contribution in [0.2, 0.25) is 18.1 Å². The van der Waals surface area contributed by atoms with E-state index in [9.17, 15) is 28.4 Å². The number of H-pyrrole nitrogens is 1. The number of fused-ring (bicyclic) bond motifs is 3. The molecule has 0 bridgehead atoms. The maximum Gasteiger partial charge on any atom is 0.472 e. The van der Waals surface area contributed by atoms with Crippen molar-refractivity contribution in [1.29, 1.82) is 0 Å². The minimum atomic E-state index is -5.25. The van der Waals surface area contributed by atoms with Gasteiger partial charge in [0.15, 0.2) is 44.6 Å². The van der Waals surface area contributed by atoms with Crippen molar-refractivity contribution in [2.75, 3.05) is 32.2 Å². The topological polar surface area (TPSA) is 279 Å². The second kappa shape index (κ2) is 21.4. The summed E-state index contributed by atoms with van der Waals surface area (Å²) in [4.78, 5) is 62.5. The molecule has 4 N–H and O–H groups in total. The number of rotatable bonds is 14. The number of imidazole rings is 1. The van der Waals surface area contributed by atoms with Crippen LogP contribution in [-0.4, -0.2) is 111 Å². The molecule has 2 unspecified atom stereocenters. The third-order valence-electron chi connectivity index (χ3n) is 12.3. The van der Waals surface area contributed by atoms with E-state index in [4.69, 9.17) is 47.2 Å². The minimum Gasteiger partial charge on any atom is -0.494 e. The summed E-state index contributed by atoms with van der Waals surface area (Å²) in [6, 6.07) is 13.6. The summed E-state index contributed by atoms with van der Waals surface area (Å²) in [7, 11) is -7.06. The van der Waals surface area contributed by atoms with Crippen molar-refractivity contribution in [3.63, 3.8) is 0 Å². The van der Waals surface area contributed by atoms with Crippen molar-refractivity contribution in [3.05, 3.63) is 105 Å². The lowest BCUT2D eigenvalue weighted by atomic mass is 10.1. The van der Waals surface area contributed by atoms with Crippen LogP contribution < -0.4 is 26.5 Å². The number of carbonyl (C=O) groups is 1. The van der Waals surface area contributed by atoms with Crippen LogP contribution >= 0.6 is 26.0 Å². The van der Waals surface area contributed by atoms with Gasteiger partial charge in [-0.3, -0.25) is 37.0 Å². The van der Waals surface area contributed by atoms with Gasteiger partial charge in [0.1, 0.15) is 47.8 Å². The van der Waals surface area contributed by atoms with E-state index >= 15 is 8.78 Å². The number of nitrogens with two attached hydrogens (primary N) is 1. The van der Waals surface area contributed by atoms with Crippen LogP contribution in [-0.2, 0) is 46.9 Å². The van der Waals surface area contributed by atoms with Gasteiger partial charge in [0.05, 0.1) is 31.7 Å². The number of unbranched alkanes of at least 4 members (excludes halogenated alkanes) is 1. The molecule has 0 amide bonds. The monoisotopic (exact) mass is 1070 g/mol. The zero-order valence-corrected chi connectivity index (χ0v) is 42.6. The molecule has 5 aromatic rings. The van der Waals surface area contributed by atoms with Crippen molar-refractivity contribution in [2.45, 2.75) is 107 Å². The molecule has 3 aliphatic rings. The summed E-state index contributed by atoms with van der Waals surface area (Å²) in [5, 5.41) is 0.140. The second-order valence-corrected chi connectivity index (χ2v) is 28.5. The third-order valence-corrected chi connectivity index (χ3v) is 21.5. The number of esters is 1. The molecule has 3 fully saturated rings. The van der Waals surface area contributed by atoms with Crippen LogP contribution in [0.4, 0.5) is 14.6 Å². The van der Waals surface area contributed by atoms with Gasteiger partial charge in [0, 0.05) is 24.6 Å². The van der Waals surface area contributed by atoms with E-state index in [1.807, 2.05) is 4.98 Å². The highest BCUT2D eigenvalue weighted by molar-refractivity contribution is 8.54. The molecule has 71 heavy (non-hydrogen) atoms. The number of nitrogen functional groups attached to an aromatic ring is 1. The van der Waals surface area contributed by atoms with E-state index in [-0.39, 0.29) is 39.1 Å². The van der Waals surface area contributed by atoms with Gasteiger partial charge in [-0.25, -0.2) is 42.5 Å². The first kappa shape index (κ1) is 52.6. The Morgan fingerprint density at radius 2 is 1.52 bits per heavy atom. The fraction of sp³-hybridized carbons (Fsp3) is 0.488. The number of hydrogen-bond donors (Lipinski definition) is 3. The fourth-order valence-electron chi connectivity index (χ4n) is 7.40.